The first-order valence-electron chi connectivity index (χ1n) is 5.27. The number of nitrogens with zero attached hydrogens (tertiary/aromatic N) is 2. The standard InChI is InChI=1S/C11H12Cl2N2O3/c1-11(2,3)5-4-6(14-18-5)15-9(16)7(12)8(13)10(15)17/h4,9,16H,1-3H3. The molecular weight excluding hydrogens is 279 g/mol. The summed E-state index contributed by atoms with van der Waals surface area (Å²) in [6, 6.07) is 1.58. The first kappa shape index (κ1) is 13.4. The molecule has 98 valence electrons. The minimum atomic E-state index is -1.32. The first-order chi connectivity index (χ1) is 8.23. The summed E-state index contributed by atoms with van der Waals surface area (Å²) in [5.74, 6) is 0.186. The van der Waals surface area contributed by atoms with Crippen LogP contribution in [0, 0.1) is 0 Å². The van der Waals surface area contributed by atoms with Crippen molar-refractivity contribution >= 4 is 34.9 Å². The van der Waals surface area contributed by atoms with Crippen LogP contribution in [-0.2, 0) is 10.2 Å². The summed E-state index contributed by atoms with van der Waals surface area (Å²) in [7, 11) is 0. The smallest absolute Gasteiger partial charge is 0.274 e. The molecule has 1 unspecified atom stereocenters. The van der Waals surface area contributed by atoms with Crippen molar-refractivity contribution in [2.45, 2.75) is 32.4 Å². The highest BCUT2D eigenvalue weighted by Gasteiger charge is 2.39. The number of aromatic nitrogens is 1. The lowest BCUT2D eigenvalue weighted by atomic mass is 9.93. The molecule has 1 aromatic heterocycles. The first-order valence-corrected chi connectivity index (χ1v) is 6.03. The molecule has 1 aliphatic rings. The van der Waals surface area contributed by atoms with Gasteiger partial charge in [-0.1, -0.05) is 49.1 Å². The Labute approximate surface area is 114 Å². The van der Waals surface area contributed by atoms with Crippen LogP contribution in [-0.4, -0.2) is 22.4 Å². The van der Waals surface area contributed by atoms with Crippen LogP contribution < -0.4 is 4.90 Å². The van der Waals surface area contributed by atoms with E-state index in [2.05, 4.69) is 5.16 Å². The topological polar surface area (TPSA) is 66.6 Å². The van der Waals surface area contributed by atoms with Gasteiger partial charge in [-0.15, -0.1) is 0 Å². The van der Waals surface area contributed by atoms with E-state index in [0.717, 1.165) is 4.90 Å². The summed E-state index contributed by atoms with van der Waals surface area (Å²) in [6.07, 6.45) is -1.32. The number of hydrogen-bond acceptors (Lipinski definition) is 4. The van der Waals surface area contributed by atoms with Crippen LogP contribution in [0.2, 0.25) is 0 Å². The Balaban J connectivity index is 2.35. The van der Waals surface area contributed by atoms with Gasteiger partial charge >= 0.3 is 0 Å². The fourth-order valence-corrected chi connectivity index (χ4v) is 1.87. The number of aliphatic hydroxyl groups excluding tert-OH is 1. The highest BCUT2D eigenvalue weighted by molar-refractivity contribution is 6.51. The van der Waals surface area contributed by atoms with Crippen LogP contribution in [0.1, 0.15) is 26.5 Å². The van der Waals surface area contributed by atoms with E-state index in [1.807, 2.05) is 20.8 Å². The van der Waals surface area contributed by atoms with E-state index in [4.69, 9.17) is 27.7 Å². The number of hydrogen-bond donors (Lipinski definition) is 1. The van der Waals surface area contributed by atoms with E-state index in [1.54, 1.807) is 6.07 Å². The van der Waals surface area contributed by atoms with E-state index in [9.17, 15) is 9.90 Å². The molecule has 1 aliphatic heterocycles. The zero-order chi connectivity index (χ0) is 13.7. The van der Waals surface area contributed by atoms with Crippen LogP contribution in [0.5, 0.6) is 0 Å². The quantitative estimate of drug-likeness (QED) is 0.862. The molecule has 18 heavy (non-hydrogen) atoms. The Morgan fingerprint density at radius 1 is 1.44 bits per heavy atom. The predicted octanol–water partition coefficient (Wildman–Crippen LogP) is 2.33. The molecule has 0 radical (unpaired) electrons. The summed E-state index contributed by atoms with van der Waals surface area (Å²) >= 11 is 11.4. The number of carbonyl (C=O) groups excluding carboxylic acids is 1. The fourth-order valence-electron chi connectivity index (χ4n) is 1.51. The van der Waals surface area contributed by atoms with Crippen LogP contribution >= 0.6 is 23.2 Å². The highest BCUT2D eigenvalue weighted by Crippen LogP contribution is 2.35. The number of halogens is 2. The van der Waals surface area contributed by atoms with Crippen molar-refractivity contribution in [3.8, 4) is 0 Å². The van der Waals surface area contributed by atoms with Gasteiger partial charge in [0.25, 0.3) is 5.91 Å². The van der Waals surface area contributed by atoms with Crippen LogP contribution in [0.3, 0.4) is 0 Å². The number of carbonyl (C=O) groups is 1. The van der Waals surface area contributed by atoms with Crippen molar-refractivity contribution in [3.05, 3.63) is 21.9 Å². The van der Waals surface area contributed by atoms with Gasteiger partial charge in [-0.2, -0.15) is 0 Å². The molecule has 0 saturated carbocycles. The Hall–Kier alpha value is -1.04. The number of anilines is 1. The molecule has 0 aromatic carbocycles. The van der Waals surface area contributed by atoms with Gasteiger partial charge in [-0.3, -0.25) is 9.69 Å². The maximum Gasteiger partial charge on any atom is 0.274 e. The molecule has 1 atom stereocenters. The van der Waals surface area contributed by atoms with Crippen molar-refractivity contribution in [2.24, 2.45) is 0 Å². The number of rotatable bonds is 1. The van der Waals surface area contributed by atoms with Crippen LogP contribution in [0.15, 0.2) is 20.7 Å². The molecule has 0 spiro atoms. The average molecular weight is 291 g/mol. The number of aliphatic hydroxyl groups is 1. The maximum absolute atomic E-state index is 11.8. The molecule has 0 bridgehead atoms. The molecule has 1 N–H and O–H groups in total. The van der Waals surface area contributed by atoms with Gasteiger partial charge in [0.15, 0.2) is 12.0 Å². The zero-order valence-corrected chi connectivity index (χ0v) is 11.6. The Bertz CT molecular complexity index is 531. The van der Waals surface area contributed by atoms with Crippen LogP contribution in [0.25, 0.3) is 0 Å². The van der Waals surface area contributed by atoms with Gasteiger partial charge in [0.1, 0.15) is 10.8 Å². The van der Waals surface area contributed by atoms with E-state index >= 15 is 0 Å². The van der Waals surface area contributed by atoms with Crippen molar-refractivity contribution < 1.29 is 14.4 Å². The predicted molar refractivity (Wildman–Crippen MR) is 67.4 cm³/mol. The second kappa shape index (κ2) is 4.26. The third kappa shape index (κ3) is 2.02. The molecular formula is C11H12Cl2N2O3. The monoisotopic (exact) mass is 290 g/mol. The Kier molecular flexibility index (Phi) is 3.17. The lowest BCUT2D eigenvalue weighted by Crippen LogP contribution is -2.35. The molecule has 7 heteroatoms. The van der Waals surface area contributed by atoms with Gasteiger partial charge in [0, 0.05) is 11.5 Å². The van der Waals surface area contributed by atoms with Gasteiger partial charge < -0.3 is 9.63 Å². The van der Waals surface area contributed by atoms with E-state index in [0.29, 0.717) is 5.76 Å². The highest BCUT2D eigenvalue weighted by atomic mass is 35.5. The Morgan fingerprint density at radius 3 is 2.44 bits per heavy atom. The molecule has 0 aliphatic carbocycles. The molecule has 2 rings (SSSR count). The molecule has 2 heterocycles. The van der Waals surface area contributed by atoms with Gasteiger partial charge in [0.05, 0.1) is 5.03 Å². The second-order valence-electron chi connectivity index (χ2n) is 5.01. The lowest BCUT2D eigenvalue weighted by molar-refractivity contribution is -0.115. The third-order valence-electron chi connectivity index (χ3n) is 2.57. The van der Waals surface area contributed by atoms with Crippen molar-refractivity contribution in [1.82, 2.24) is 5.16 Å². The van der Waals surface area contributed by atoms with E-state index < -0.39 is 12.1 Å². The zero-order valence-electron chi connectivity index (χ0n) is 10.1. The van der Waals surface area contributed by atoms with Crippen molar-refractivity contribution in [3.63, 3.8) is 0 Å². The van der Waals surface area contributed by atoms with Crippen molar-refractivity contribution in [1.29, 1.82) is 0 Å². The lowest BCUT2D eigenvalue weighted by Gasteiger charge is -2.17. The maximum atomic E-state index is 11.8. The SMILES string of the molecule is CC(C)(C)c1cc(N2C(=O)C(Cl)=C(Cl)C2O)no1. The van der Waals surface area contributed by atoms with Gasteiger partial charge in [-0.25, -0.2) is 0 Å². The molecule has 1 amide bonds. The summed E-state index contributed by atoms with van der Waals surface area (Å²) in [5.41, 5.74) is -0.250. The van der Waals surface area contributed by atoms with E-state index in [-0.39, 0.29) is 21.3 Å². The average Bonchev–Trinajstić information content (AvgIpc) is 2.81. The molecule has 5 nitrogen and oxygen atoms in total. The summed E-state index contributed by atoms with van der Waals surface area (Å²) in [5, 5.41) is 13.3. The minimum absolute atomic E-state index is 0.109. The fraction of sp³-hybridized carbons (Fsp3) is 0.455. The minimum Gasteiger partial charge on any atom is -0.368 e. The number of amides is 1. The van der Waals surface area contributed by atoms with Gasteiger partial charge in [-0.05, 0) is 0 Å². The molecule has 0 fully saturated rings. The van der Waals surface area contributed by atoms with E-state index in [1.165, 1.54) is 0 Å². The second-order valence-corrected chi connectivity index (χ2v) is 5.80. The summed E-state index contributed by atoms with van der Waals surface area (Å²) in [4.78, 5) is 12.8. The Morgan fingerprint density at radius 2 is 2.06 bits per heavy atom. The summed E-state index contributed by atoms with van der Waals surface area (Å²) in [6.45, 7) is 5.83. The van der Waals surface area contributed by atoms with Crippen LogP contribution in [0.4, 0.5) is 5.82 Å². The summed E-state index contributed by atoms with van der Waals surface area (Å²) < 4.78 is 5.15. The third-order valence-corrected chi connectivity index (χ3v) is 3.42. The largest absolute Gasteiger partial charge is 0.368 e. The molecule has 1 aromatic rings. The molecule has 0 saturated heterocycles. The van der Waals surface area contributed by atoms with Crippen molar-refractivity contribution in [2.75, 3.05) is 4.90 Å². The van der Waals surface area contributed by atoms with Gasteiger partial charge in [0.2, 0.25) is 0 Å². The normalized spacial score (nSPS) is 21.1.